The molecule has 1 N–H and O–H groups in total. The fourth-order valence-corrected chi connectivity index (χ4v) is 1.52. The lowest BCUT2D eigenvalue weighted by molar-refractivity contribution is 0.300. The summed E-state index contributed by atoms with van der Waals surface area (Å²) in [6, 6.07) is 0. The van der Waals surface area contributed by atoms with Crippen LogP contribution in [0.2, 0.25) is 0 Å². The van der Waals surface area contributed by atoms with Gasteiger partial charge in [0, 0.05) is 21.2 Å². The first-order valence-electron chi connectivity index (χ1n) is 3.47. The molecular formula is C7H9IN2OS. The summed E-state index contributed by atoms with van der Waals surface area (Å²) in [6.07, 6.45) is 3.53. The minimum absolute atomic E-state index is 0.153. The van der Waals surface area contributed by atoms with Gasteiger partial charge in [-0.25, -0.2) is 9.97 Å². The van der Waals surface area contributed by atoms with Gasteiger partial charge in [0.2, 0.25) is 0 Å². The minimum atomic E-state index is 0.153. The Hall–Kier alpha value is 0.120. The molecule has 1 aromatic heterocycles. The van der Waals surface area contributed by atoms with Crippen LogP contribution in [-0.4, -0.2) is 26.9 Å². The molecule has 0 aliphatic heterocycles. The van der Waals surface area contributed by atoms with Crippen molar-refractivity contribution < 1.29 is 5.11 Å². The molecule has 3 nitrogen and oxygen atoms in total. The van der Waals surface area contributed by atoms with Gasteiger partial charge in [0.05, 0.1) is 6.61 Å². The maximum absolute atomic E-state index is 8.77. The zero-order chi connectivity index (χ0) is 8.97. The van der Waals surface area contributed by atoms with E-state index < -0.39 is 0 Å². The smallest absolute Gasteiger partial charge is 0.187 e. The molecule has 1 atom stereocenters. The summed E-state index contributed by atoms with van der Waals surface area (Å²) in [5.74, 6) is 0. The Morgan fingerprint density at radius 3 is 2.67 bits per heavy atom. The summed E-state index contributed by atoms with van der Waals surface area (Å²) in [5, 5.41) is 9.65. The summed E-state index contributed by atoms with van der Waals surface area (Å²) in [7, 11) is 0. The van der Waals surface area contributed by atoms with E-state index in [1.807, 2.05) is 6.92 Å². The van der Waals surface area contributed by atoms with Gasteiger partial charge in [-0.05, 0) is 22.6 Å². The highest BCUT2D eigenvalue weighted by Gasteiger charge is 2.04. The standard InChI is InChI=1S/C7H9IN2OS/c1-5(4-11)12-7-9-2-6(8)3-10-7/h2-3,5,11H,4H2,1H3. The van der Waals surface area contributed by atoms with E-state index in [0.29, 0.717) is 0 Å². The molecule has 0 fully saturated rings. The van der Waals surface area contributed by atoms with E-state index in [0.717, 1.165) is 8.73 Å². The maximum Gasteiger partial charge on any atom is 0.187 e. The Kier molecular flexibility index (Phi) is 4.24. The fourth-order valence-electron chi connectivity index (χ4n) is 0.579. The van der Waals surface area contributed by atoms with E-state index in [4.69, 9.17) is 5.11 Å². The van der Waals surface area contributed by atoms with Crippen LogP contribution in [0.25, 0.3) is 0 Å². The second-order valence-electron chi connectivity index (χ2n) is 2.29. The summed E-state index contributed by atoms with van der Waals surface area (Å²) in [4.78, 5) is 8.20. The molecule has 0 saturated heterocycles. The summed E-state index contributed by atoms with van der Waals surface area (Å²) < 4.78 is 1.02. The molecule has 0 aromatic carbocycles. The summed E-state index contributed by atoms with van der Waals surface area (Å²) in [5.41, 5.74) is 0. The molecule has 0 saturated carbocycles. The van der Waals surface area contributed by atoms with Crippen molar-refractivity contribution in [3.05, 3.63) is 16.0 Å². The minimum Gasteiger partial charge on any atom is -0.395 e. The average molecular weight is 296 g/mol. The zero-order valence-corrected chi connectivity index (χ0v) is 9.54. The largest absolute Gasteiger partial charge is 0.395 e. The molecule has 0 spiro atoms. The lowest BCUT2D eigenvalue weighted by atomic mass is 10.5. The Labute approximate surface area is 89.1 Å². The third-order valence-corrected chi connectivity index (χ3v) is 2.69. The zero-order valence-electron chi connectivity index (χ0n) is 6.57. The van der Waals surface area contributed by atoms with Crippen LogP contribution in [0, 0.1) is 3.57 Å². The van der Waals surface area contributed by atoms with Crippen LogP contribution in [0.15, 0.2) is 17.6 Å². The van der Waals surface area contributed by atoms with Crippen molar-refractivity contribution in [2.75, 3.05) is 6.61 Å². The first kappa shape index (κ1) is 10.2. The lowest BCUT2D eigenvalue weighted by Crippen LogP contribution is -2.03. The monoisotopic (exact) mass is 296 g/mol. The van der Waals surface area contributed by atoms with Gasteiger partial charge in [0.25, 0.3) is 0 Å². The third-order valence-electron chi connectivity index (χ3n) is 1.16. The van der Waals surface area contributed by atoms with Gasteiger partial charge in [0.15, 0.2) is 5.16 Å². The van der Waals surface area contributed by atoms with E-state index in [2.05, 4.69) is 32.6 Å². The maximum atomic E-state index is 8.77. The first-order valence-corrected chi connectivity index (χ1v) is 5.43. The van der Waals surface area contributed by atoms with Crippen LogP contribution in [-0.2, 0) is 0 Å². The van der Waals surface area contributed by atoms with Crippen LogP contribution in [0.5, 0.6) is 0 Å². The fraction of sp³-hybridized carbons (Fsp3) is 0.429. The molecular weight excluding hydrogens is 287 g/mol. The molecule has 1 rings (SSSR count). The highest BCUT2D eigenvalue weighted by molar-refractivity contribution is 14.1. The highest BCUT2D eigenvalue weighted by Crippen LogP contribution is 2.18. The van der Waals surface area contributed by atoms with Gasteiger partial charge in [-0.2, -0.15) is 0 Å². The van der Waals surface area contributed by atoms with Crippen LogP contribution in [0.3, 0.4) is 0 Å². The van der Waals surface area contributed by atoms with Crippen molar-refractivity contribution >= 4 is 34.4 Å². The lowest BCUT2D eigenvalue weighted by Gasteiger charge is -2.04. The van der Waals surface area contributed by atoms with Crippen LogP contribution in [0.1, 0.15) is 6.92 Å². The number of aliphatic hydroxyl groups is 1. The number of thioether (sulfide) groups is 1. The Morgan fingerprint density at radius 2 is 2.17 bits per heavy atom. The SMILES string of the molecule is CC(CO)Sc1ncc(I)cn1. The number of hydrogen-bond donors (Lipinski definition) is 1. The predicted molar refractivity (Wildman–Crippen MR) is 57.2 cm³/mol. The van der Waals surface area contributed by atoms with Gasteiger partial charge >= 0.3 is 0 Å². The molecule has 1 aromatic rings. The highest BCUT2D eigenvalue weighted by atomic mass is 127. The van der Waals surface area contributed by atoms with Gasteiger partial charge in [-0.15, -0.1) is 0 Å². The first-order chi connectivity index (χ1) is 5.72. The molecule has 12 heavy (non-hydrogen) atoms. The molecule has 0 amide bonds. The molecule has 5 heteroatoms. The van der Waals surface area contributed by atoms with Crippen molar-refractivity contribution in [2.24, 2.45) is 0 Å². The predicted octanol–water partition coefficient (Wildman–Crippen LogP) is 1.55. The second kappa shape index (κ2) is 4.98. The molecule has 0 aliphatic rings. The molecule has 0 bridgehead atoms. The number of aromatic nitrogens is 2. The Balaban J connectivity index is 2.58. The molecule has 1 unspecified atom stereocenters. The number of nitrogens with zero attached hydrogens (tertiary/aromatic N) is 2. The summed E-state index contributed by atoms with van der Waals surface area (Å²) in [6.45, 7) is 2.09. The van der Waals surface area contributed by atoms with Gasteiger partial charge < -0.3 is 5.11 Å². The van der Waals surface area contributed by atoms with E-state index in [1.54, 1.807) is 12.4 Å². The van der Waals surface area contributed by atoms with Gasteiger partial charge in [0.1, 0.15) is 0 Å². The van der Waals surface area contributed by atoms with E-state index >= 15 is 0 Å². The second-order valence-corrected chi connectivity index (χ2v) is 4.95. The molecule has 1 heterocycles. The average Bonchev–Trinajstić information content (AvgIpc) is 2.09. The van der Waals surface area contributed by atoms with E-state index in [1.165, 1.54) is 11.8 Å². The van der Waals surface area contributed by atoms with Crippen molar-refractivity contribution in [2.45, 2.75) is 17.3 Å². The van der Waals surface area contributed by atoms with Crippen molar-refractivity contribution in [1.82, 2.24) is 9.97 Å². The number of rotatable bonds is 3. The number of aliphatic hydroxyl groups excluding tert-OH is 1. The molecule has 0 aliphatic carbocycles. The van der Waals surface area contributed by atoms with E-state index in [9.17, 15) is 0 Å². The van der Waals surface area contributed by atoms with Crippen molar-refractivity contribution in [1.29, 1.82) is 0 Å². The Bertz CT molecular complexity index is 242. The quantitative estimate of drug-likeness (QED) is 0.522. The molecule has 0 radical (unpaired) electrons. The van der Waals surface area contributed by atoms with Crippen LogP contribution >= 0.6 is 34.4 Å². The topological polar surface area (TPSA) is 46.0 Å². The van der Waals surface area contributed by atoms with E-state index in [-0.39, 0.29) is 11.9 Å². The third kappa shape index (κ3) is 3.24. The number of hydrogen-bond acceptors (Lipinski definition) is 4. The van der Waals surface area contributed by atoms with Crippen LogP contribution in [0.4, 0.5) is 0 Å². The Morgan fingerprint density at radius 1 is 1.58 bits per heavy atom. The van der Waals surface area contributed by atoms with Crippen molar-refractivity contribution in [3.8, 4) is 0 Å². The molecule has 66 valence electrons. The number of halogens is 1. The van der Waals surface area contributed by atoms with Crippen LogP contribution < -0.4 is 0 Å². The normalized spacial score (nSPS) is 12.9. The van der Waals surface area contributed by atoms with Crippen molar-refractivity contribution in [3.63, 3.8) is 0 Å². The van der Waals surface area contributed by atoms with Gasteiger partial charge in [-0.3, -0.25) is 0 Å². The summed E-state index contributed by atoms with van der Waals surface area (Å²) >= 11 is 3.63. The van der Waals surface area contributed by atoms with Gasteiger partial charge in [-0.1, -0.05) is 18.7 Å².